The van der Waals surface area contributed by atoms with Gasteiger partial charge in [-0.1, -0.05) is 30.3 Å². The molecule has 2 rings (SSSR count). The van der Waals surface area contributed by atoms with E-state index >= 15 is 0 Å². The molecule has 0 spiro atoms. The molecule has 0 saturated heterocycles. The molecule has 1 heterocycles. The van der Waals surface area contributed by atoms with Crippen molar-refractivity contribution >= 4 is 15.9 Å². The van der Waals surface area contributed by atoms with Gasteiger partial charge in [-0.2, -0.15) is 5.10 Å². The lowest BCUT2D eigenvalue weighted by Gasteiger charge is -2.04. The quantitative estimate of drug-likeness (QED) is 0.792. The molecule has 0 fully saturated rings. The minimum Gasteiger partial charge on any atom is -0.266 e. The van der Waals surface area contributed by atoms with E-state index in [2.05, 4.69) is 21.0 Å². The van der Waals surface area contributed by atoms with Gasteiger partial charge in [-0.15, -0.1) is 0 Å². The number of nitrogens with zero attached hydrogens (tertiary/aromatic N) is 2. The summed E-state index contributed by atoms with van der Waals surface area (Å²) in [6, 6.07) is 9.69. The summed E-state index contributed by atoms with van der Waals surface area (Å²) in [5.74, 6) is 0. The van der Waals surface area contributed by atoms with Crippen molar-refractivity contribution in [3.63, 3.8) is 0 Å². The largest absolute Gasteiger partial charge is 0.281 e. The number of hydrogen-bond acceptors (Lipinski definition) is 2. The second-order valence-electron chi connectivity index (χ2n) is 3.17. The highest BCUT2D eigenvalue weighted by atomic mass is 79.9. The van der Waals surface area contributed by atoms with Crippen molar-refractivity contribution in [3.8, 4) is 11.1 Å². The number of halogens is 1. The molecule has 1 aromatic heterocycles. The first-order valence-corrected chi connectivity index (χ1v) is 5.26. The van der Waals surface area contributed by atoms with Crippen molar-refractivity contribution in [2.24, 2.45) is 7.05 Å². The van der Waals surface area contributed by atoms with Gasteiger partial charge in [-0.3, -0.25) is 4.79 Å². The Balaban J connectivity index is 2.66. The van der Waals surface area contributed by atoms with Crippen LogP contribution >= 0.6 is 15.9 Å². The molecule has 0 N–H and O–H groups in total. The minimum absolute atomic E-state index is 0.128. The second-order valence-corrected chi connectivity index (χ2v) is 3.96. The summed E-state index contributed by atoms with van der Waals surface area (Å²) >= 11 is 3.29. The van der Waals surface area contributed by atoms with Crippen LogP contribution in [0.2, 0.25) is 0 Å². The lowest BCUT2D eigenvalue weighted by atomic mass is 10.1. The van der Waals surface area contributed by atoms with Gasteiger partial charge in [0, 0.05) is 12.6 Å². The Labute approximate surface area is 95.5 Å². The Morgan fingerprint density at radius 3 is 2.60 bits per heavy atom. The normalized spacial score (nSPS) is 10.3. The predicted octanol–water partition coefficient (Wildman–Crippen LogP) is 2.21. The lowest BCUT2D eigenvalue weighted by molar-refractivity contribution is 0.704. The number of aromatic nitrogens is 2. The maximum Gasteiger partial charge on any atom is 0.281 e. The zero-order chi connectivity index (χ0) is 10.8. The van der Waals surface area contributed by atoms with Crippen LogP contribution in [0.4, 0.5) is 0 Å². The maximum atomic E-state index is 11.6. The third kappa shape index (κ3) is 1.85. The van der Waals surface area contributed by atoms with Crippen LogP contribution in [0.1, 0.15) is 0 Å². The zero-order valence-corrected chi connectivity index (χ0v) is 9.73. The van der Waals surface area contributed by atoms with Crippen LogP contribution in [0.15, 0.2) is 45.8 Å². The van der Waals surface area contributed by atoms with Crippen LogP contribution in [0.5, 0.6) is 0 Å². The Bertz CT molecular complexity index is 534. The smallest absolute Gasteiger partial charge is 0.266 e. The summed E-state index contributed by atoms with van der Waals surface area (Å²) in [6.45, 7) is 0. The zero-order valence-electron chi connectivity index (χ0n) is 8.14. The van der Waals surface area contributed by atoms with Gasteiger partial charge in [0.2, 0.25) is 0 Å². The molecule has 0 saturated carbocycles. The van der Waals surface area contributed by atoms with Gasteiger partial charge >= 0.3 is 0 Å². The molecule has 0 aliphatic rings. The van der Waals surface area contributed by atoms with E-state index in [1.807, 2.05) is 30.3 Å². The van der Waals surface area contributed by atoms with E-state index in [9.17, 15) is 4.79 Å². The molecule has 0 atom stereocenters. The first-order chi connectivity index (χ1) is 7.20. The van der Waals surface area contributed by atoms with Gasteiger partial charge in [0.1, 0.15) is 0 Å². The summed E-state index contributed by atoms with van der Waals surface area (Å²) in [5.41, 5.74) is 1.67. The highest BCUT2D eigenvalue weighted by Gasteiger charge is 2.07. The van der Waals surface area contributed by atoms with Gasteiger partial charge in [0.15, 0.2) is 0 Å². The number of aryl methyl sites for hydroxylation is 1. The fraction of sp³-hybridized carbons (Fsp3) is 0.0909. The second kappa shape index (κ2) is 3.98. The molecular formula is C11H9BrN2O. The first kappa shape index (κ1) is 10.1. The molecule has 3 nitrogen and oxygen atoms in total. The summed E-state index contributed by atoms with van der Waals surface area (Å²) < 4.78 is 1.85. The van der Waals surface area contributed by atoms with Crippen LogP contribution in [0, 0.1) is 0 Å². The summed E-state index contributed by atoms with van der Waals surface area (Å²) in [5, 5.41) is 3.99. The van der Waals surface area contributed by atoms with Crippen molar-refractivity contribution in [1.29, 1.82) is 0 Å². The van der Waals surface area contributed by atoms with Gasteiger partial charge in [-0.05, 0) is 21.5 Å². The fourth-order valence-corrected chi connectivity index (χ4v) is 1.92. The molecule has 4 heteroatoms. The molecule has 2 aromatic rings. The third-order valence-electron chi connectivity index (χ3n) is 2.16. The molecule has 0 aliphatic heterocycles. The van der Waals surface area contributed by atoms with Crippen molar-refractivity contribution in [3.05, 3.63) is 51.4 Å². The molecule has 0 radical (unpaired) electrons. The van der Waals surface area contributed by atoms with Crippen molar-refractivity contribution in [2.45, 2.75) is 0 Å². The molecule has 0 amide bonds. The fourth-order valence-electron chi connectivity index (χ4n) is 1.33. The van der Waals surface area contributed by atoms with E-state index in [1.165, 1.54) is 4.68 Å². The average molecular weight is 265 g/mol. The monoisotopic (exact) mass is 264 g/mol. The van der Waals surface area contributed by atoms with Gasteiger partial charge in [0.25, 0.3) is 5.56 Å². The third-order valence-corrected chi connectivity index (χ3v) is 2.93. The van der Waals surface area contributed by atoms with Crippen LogP contribution in [-0.2, 0) is 7.05 Å². The number of benzene rings is 1. The van der Waals surface area contributed by atoms with E-state index < -0.39 is 0 Å². The van der Waals surface area contributed by atoms with E-state index in [1.54, 1.807) is 13.2 Å². The Morgan fingerprint density at radius 1 is 1.27 bits per heavy atom. The molecule has 76 valence electrons. The van der Waals surface area contributed by atoms with Crippen molar-refractivity contribution in [1.82, 2.24) is 9.78 Å². The minimum atomic E-state index is -0.128. The topological polar surface area (TPSA) is 34.9 Å². The first-order valence-electron chi connectivity index (χ1n) is 4.47. The van der Waals surface area contributed by atoms with Crippen LogP contribution in [-0.4, -0.2) is 9.78 Å². The van der Waals surface area contributed by atoms with Crippen LogP contribution < -0.4 is 5.56 Å². The number of rotatable bonds is 1. The van der Waals surface area contributed by atoms with E-state index in [-0.39, 0.29) is 5.56 Å². The van der Waals surface area contributed by atoms with Crippen molar-refractivity contribution < 1.29 is 0 Å². The lowest BCUT2D eigenvalue weighted by Crippen LogP contribution is -2.20. The summed E-state index contributed by atoms with van der Waals surface area (Å²) in [6.07, 6.45) is 1.68. The molecule has 1 aromatic carbocycles. The highest BCUT2D eigenvalue weighted by molar-refractivity contribution is 9.10. The molecule has 0 aliphatic carbocycles. The SMILES string of the molecule is Cn1ncc(-c2ccccc2)c(Br)c1=O. The average Bonchev–Trinajstić information content (AvgIpc) is 2.27. The summed E-state index contributed by atoms with van der Waals surface area (Å²) in [7, 11) is 1.63. The molecule has 15 heavy (non-hydrogen) atoms. The Kier molecular flexibility index (Phi) is 2.68. The van der Waals surface area contributed by atoms with Gasteiger partial charge < -0.3 is 0 Å². The summed E-state index contributed by atoms with van der Waals surface area (Å²) in [4.78, 5) is 11.6. The molecule has 0 bridgehead atoms. The van der Waals surface area contributed by atoms with Crippen LogP contribution in [0.25, 0.3) is 11.1 Å². The standard InChI is InChI=1S/C11H9BrN2O/c1-14-11(15)10(12)9(7-13-14)8-5-3-2-4-6-8/h2-7H,1H3. The van der Waals surface area contributed by atoms with Gasteiger partial charge in [-0.25, -0.2) is 4.68 Å². The molecule has 0 unspecified atom stereocenters. The maximum absolute atomic E-state index is 11.6. The molecular weight excluding hydrogens is 256 g/mol. The van der Waals surface area contributed by atoms with Crippen LogP contribution in [0.3, 0.4) is 0 Å². The number of hydrogen-bond donors (Lipinski definition) is 0. The van der Waals surface area contributed by atoms with Gasteiger partial charge in [0.05, 0.1) is 10.7 Å². The van der Waals surface area contributed by atoms with E-state index in [0.717, 1.165) is 11.1 Å². The Hall–Kier alpha value is -1.42. The Morgan fingerprint density at radius 2 is 1.93 bits per heavy atom. The van der Waals surface area contributed by atoms with Crippen molar-refractivity contribution in [2.75, 3.05) is 0 Å². The predicted molar refractivity (Wildman–Crippen MR) is 62.6 cm³/mol. The van der Waals surface area contributed by atoms with E-state index in [4.69, 9.17) is 0 Å². The van der Waals surface area contributed by atoms with E-state index in [0.29, 0.717) is 4.47 Å². The highest BCUT2D eigenvalue weighted by Crippen LogP contribution is 2.23.